The highest BCUT2D eigenvalue weighted by Gasteiger charge is 2.21. The highest BCUT2D eigenvalue weighted by molar-refractivity contribution is 8.00. The molecule has 3 aromatic carbocycles. The average molecular weight is 511 g/mol. The van der Waals surface area contributed by atoms with Crippen LogP contribution >= 0.6 is 11.8 Å². The third kappa shape index (κ3) is 6.63. The predicted molar refractivity (Wildman–Crippen MR) is 142 cm³/mol. The van der Waals surface area contributed by atoms with E-state index in [1.807, 2.05) is 25.1 Å². The van der Waals surface area contributed by atoms with Crippen LogP contribution in [0.1, 0.15) is 23.7 Å². The third-order valence-corrected chi connectivity index (χ3v) is 6.67. The first kappa shape index (κ1) is 26.7. The molecule has 0 heterocycles. The quantitative estimate of drug-likeness (QED) is 0.330. The number of benzene rings is 3. The maximum atomic E-state index is 13.0. The molecule has 0 aliphatic heterocycles. The first-order chi connectivity index (χ1) is 17.4. The van der Waals surface area contributed by atoms with Crippen LogP contribution in [0.2, 0.25) is 0 Å². The minimum Gasteiger partial charge on any atom is -0.497 e. The van der Waals surface area contributed by atoms with Gasteiger partial charge in [0.05, 0.1) is 33.7 Å². The Hall–Kier alpha value is -3.85. The van der Waals surface area contributed by atoms with Crippen molar-refractivity contribution >= 4 is 35.0 Å². The second-order valence-electron chi connectivity index (χ2n) is 7.62. The molecule has 3 aromatic rings. The molecule has 0 saturated heterocycles. The molecule has 9 heteroatoms. The third-order valence-electron chi connectivity index (χ3n) is 5.31. The first-order valence-electron chi connectivity index (χ1n) is 11.2. The molecule has 8 nitrogen and oxygen atoms in total. The number of rotatable bonds is 11. The van der Waals surface area contributed by atoms with E-state index >= 15 is 0 Å². The fraction of sp³-hybridized carbons (Fsp3) is 0.259. The second kappa shape index (κ2) is 12.7. The lowest BCUT2D eigenvalue weighted by molar-refractivity contribution is -0.115. The van der Waals surface area contributed by atoms with Crippen molar-refractivity contribution in [2.75, 3.05) is 39.1 Å². The molecule has 0 spiro atoms. The molecule has 0 bridgehead atoms. The van der Waals surface area contributed by atoms with E-state index < -0.39 is 0 Å². The van der Waals surface area contributed by atoms with Crippen molar-refractivity contribution in [2.24, 2.45) is 0 Å². The van der Waals surface area contributed by atoms with Crippen LogP contribution in [-0.2, 0) is 4.79 Å². The lowest BCUT2D eigenvalue weighted by Crippen LogP contribution is -2.24. The van der Waals surface area contributed by atoms with Crippen LogP contribution in [0.5, 0.6) is 23.0 Å². The van der Waals surface area contributed by atoms with E-state index in [0.717, 1.165) is 4.90 Å². The number of methoxy groups -OCH3 is 4. The smallest absolute Gasteiger partial charge is 0.263 e. The molecule has 0 aromatic heterocycles. The molecule has 2 amide bonds. The molecule has 2 N–H and O–H groups in total. The predicted octanol–water partition coefficient (Wildman–Crippen LogP) is 5.48. The number of anilines is 2. The summed E-state index contributed by atoms with van der Waals surface area (Å²) in [4.78, 5) is 26.9. The zero-order valence-corrected chi connectivity index (χ0v) is 21.7. The van der Waals surface area contributed by atoms with Gasteiger partial charge in [-0.1, -0.05) is 19.1 Å². The van der Waals surface area contributed by atoms with Crippen molar-refractivity contribution in [1.29, 1.82) is 0 Å². The Kier molecular flexibility index (Phi) is 9.46. The number of nitrogens with one attached hydrogen (secondary N) is 2. The number of ether oxygens (including phenoxy) is 4. The van der Waals surface area contributed by atoms with Gasteiger partial charge in [-0.15, -0.1) is 11.8 Å². The Labute approximate surface area is 215 Å². The van der Waals surface area contributed by atoms with Gasteiger partial charge in [0, 0.05) is 34.5 Å². The lowest BCUT2D eigenvalue weighted by atomic mass is 10.1. The van der Waals surface area contributed by atoms with Gasteiger partial charge in [-0.3, -0.25) is 9.59 Å². The van der Waals surface area contributed by atoms with Gasteiger partial charge in [0.1, 0.15) is 28.6 Å². The van der Waals surface area contributed by atoms with Crippen LogP contribution in [0.15, 0.2) is 65.6 Å². The van der Waals surface area contributed by atoms with Crippen molar-refractivity contribution in [3.05, 3.63) is 66.2 Å². The molecular weight excluding hydrogens is 480 g/mol. The topological polar surface area (TPSA) is 95.1 Å². The number of amides is 2. The number of thioether (sulfide) groups is 1. The first-order valence-corrected chi connectivity index (χ1v) is 12.1. The van der Waals surface area contributed by atoms with Crippen molar-refractivity contribution in [3.8, 4) is 23.0 Å². The molecule has 0 aliphatic rings. The Morgan fingerprint density at radius 2 is 1.39 bits per heavy atom. The van der Waals surface area contributed by atoms with Gasteiger partial charge in [0.25, 0.3) is 5.91 Å². The molecule has 1 atom stereocenters. The van der Waals surface area contributed by atoms with Gasteiger partial charge in [0.2, 0.25) is 5.91 Å². The van der Waals surface area contributed by atoms with Gasteiger partial charge < -0.3 is 29.6 Å². The van der Waals surface area contributed by atoms with Crippen LogP contribution in [0.3, 0.4) is 0 Å². The fourth-order valence-electron chi connectivity index (χ4n) is 3.50. The van der Waals surface area contributed by atoms with Crippen LogP contribution < -0.4 is 29.6 Å². The average Bonchev–Trinajstić information content (AvgIpc) is 2.90. The van der Waals surface area contributed by atoms with Crippen molar-refractivity contribution < 1.29 is 28.5 Å². The van der Waals surface area contributed by atoms with E-state index in [1.54, 1.807) is 56.7 Å². The monoisotopic (exact) mass is 510 g/mol. The largest absolute Gasteiger partial charge is 0.497 e. The molecule has 3 rings (SSSR count). The van der Waals surface area contributed by atoms with Crippen molar-refractivity contribution in [2.45, 2.75) is 23.5 Å². The normalized spacial score (nSPS) is 11.2. The zero-order chi connectivity index (χ0) is 26.1. The molecule has 190 valence electrons. The maximum absolute atomic E-state index is 13.0. The zero-order valence-electron chi connectivity index (χ0n) is 20.9. The van der Waals surface area contributed by atoms with Crippen LogP contribution in [0.4, 0.5) is 11.4 Å². The summed E-state index contributed by atoms with van der Waals surface area (Å²) < 4.78 is 21.2. The summed E-state index contributed by atoms with van der Waals surface area (Å²) in [5.74, 6) is 1.48. The van der Waals surface area contributed by atoms with E-state index in [4.69, 9.17) is 18.9 Å². The Morgan fingerprint density at radius 1 is 0.778 bits per heavy atom. The van der Waals surface area contributed by atoms with Gasteiger partial charge in [-0.05, 0) is 36.8 Å². The van der Waals surface area contributed by atoms with E-state index in [1.165, 1.54) is 26.0 Å². The molecule has 0 aliphatic carbocycles. The standard InChI is InChI=1S/C27H30N2O6S/c1-6-24(26(30)29-18-13-19(32-2)16-20(14-18)33-3)36-21-10-7-9-17(15-21)28-27(31)25-22(34-4)11-8-12-23(25)35-5/h7-16,24H,6H2,1-5H3,(H,28,31)(H,29,30). The Balaban J connectivity index is 1.73. The molecule has 0 radical (unpaired) electrons. The lowest BCUT2D eigenvalue weighted by Gasteiger charge is -2.17. The number of hydrogen-bond acceptors (Lipinski definition) is 7. The van der Waals surface area contributed by atoms with Crippen molar-refractivity contribution in [1.82, 2.24) is 0 Å². The highest BCUT2D eigenvalue weighted by Crippen LogP contribution is 2.32. The van der Waals surface area contributed by atoms with E-state index in [0.29, 0.717) is 46.4 Å². The minimum absolute atomic E-state index is 0.147. The molecule has 1 unspecified atom stereocenters. The van der Waals surface area contributed by atoms with Gasteiger partial charge in [0.15, 0.2) is 0 Å². The SMILES string of the molecule is CCC(Sc1cccc(NC(=O)c2c(OC)cccc2OC)c1)C(=O)Nc1cc(OC)cc(OC)c1. The summed E-state index contributed by atoms with van der Waals surface area (Å²) in [6.45, 7) is 1.95. The van der Waals surface area contributed by atoms with Crippen LogP contribution in [-0.4, -0.2) is 45.5 Å². The van der Waals surface area contributed by atoms with Crippen LogP contribution in [0, 0.1) is 0 Å². The van der Waals surface area contributed by atoms with Gasteiger partial charge >= 0.3 is 0 Å². The van der Waals surface area contributed by atoms with E-state index in [9.17, 15) is 9.59 Å². The molecule has 36 heavy (non-hydrogen) atoms. The molecule has 0 fully saturated rings. The van der Waals surface area contributed by atoms with Gasteiger partial charge in [-0.25, -0.2) is 0 Å². The summed E-state index contributed by atoms with van der Waals surface area (Å²) in [6.07, 6.45) is 0.604. The summed E-state index contributed by atoms with van der Waals surface area (Å²) in [5, 5.41) is 5.47. The number of carbonyl (C=O) groups excluding carboxylic acids is 2. The highest BCUT2D eigenvalue weighted by atomic mass is 32.2. The van der Waals surface area contributed by atoms with Crippen LogP contribution in [0.25, 0.3) is 0 Å². The van der Waals surface area contributed by atoms with E-state index in [-0.39, 0.29) is 17.1 Å². The maximum Gasteiger partial charge on any atom is 0.263 e. The number of hydrogen-bond donors (Lipinski definition) is 2. The van der Waals surface area contributed by atoms with Gasteiger partial charge in [-0.2, -0.15) is 0 Å². The summed E-state index contributed by atoms with van der Waals surface area (Å²) >= 11 is 1.41. The number of carbonyl (C=O) groups is 2. The summed E-state index contributed by atoms with van der Waals surface area (Å²) in [6, 6.07) is 17.7. The Bertz CT molecular complexity index is 1170. The summed E-state index contributed by atoms with van der Waals surface area (Å²) in [5.41, 5.74) is 1.48. The fourth-order valence-corrected chi connectivity index (χ4v) is 4.52. The minimum atomic E-state index is -0.359. The Morgan fingerprint density at radius 3 is 1.94 bits per heavy atom. The molecule has 0 saturated carbocycles. The van der Waals surface area contributed by atoms with E-state index in [2.05, 4.69) is 10.6 Å². The summed E-state index contributed by atoms with van der Waals surface area (Å²) in [7, 11) is 6.11. The van der Waals surface area contributed by atoms with Crippen molar-refractivity contribution in [3.63, 3.8) is 0 Å². The second-order valence-corrected chi connectivity index (χ2v) is 8.90. The molecular formula is C27H30N2O6S.